The Morgan fingerprint density at radius 1 is 1.11 bits per heavy atom. The minimum atomic E-state index is 0.317. The molecule has 4 unspecified atom stereocenters. The van der Waals surface area contributed by atoms with E-state index in [2.05, 4.69) is 25.7 Å². The Morgan fingerprint density at radius 2 is 1.89 bits per heavy atom. The molecule has 0 amide bonds. The molecule has 2 aliphatic rings. The third-order valence-corrected chi connectivity index (χ3v) is 6.21. The fraction of sp³-hybridized carbons (Fsp3) is 1.00. The smallest absolute Gasteiger partial charge is 0.0334 e. The molecule has 1 saturated carbocycles. The number of nitrogens with zero attached hydrogens (tertiary/aromatic N) is 1. The molecule has 0 radical (unpaired) electrons. The minimum absolute atomic E-state index is 0.317. The summed E-state index contributed by atoms with van der Waals surface area (Å²) < 4.78 is 0. The Kier molecular flexibility index (Phi) is 5.30. The van der Waals surface area contributed by atoms with E-state index in [4.69, 9.17) is 5.73 Å². The third kappa shape index (κ3) is 3.16. The van der Waals surface area contributed by atoms with E-state index in [9.17, 15) is 0 Å². The molecule has 1 aliphatic carbocycles. The van der Waals surface area contributed by atoms with Gasteiger partial charge in [0.15, 0.2) is 0 Å². The van der Waals surface area contributed by atoms with Crippen LogP contribution < -0.4 is 5.73 Å². The molecule has 0 spiro atoms. The maximum absolute atomic E-state index is 6.29. The number of hydrogen-bond donors (Lipinski definition) is 1. The molecule has 2 heteroatoms. The van der Waals surface area contributed by atoms with Gasteiger partial charge in [-0.2, -0.15) is 0 Å². The second kappa shape index (κ2) is 6.58. The molecule has 1 aliphatic heterocycles. The van der Waals surface area contributed by atoms with Crippen LogP contribution in [0.1, 0.15) is 72.1 Å². The summed E-state index contributed by atoms with van der Waals surface area (Å²) in [5, 5.41) is 0. The lowest BCUT2D eigenvalue weighted by Crippen LogP contribution is -2.60. The lowest BCUT2D eigenvalue weighted by molar-refractivity contribution is -0.00562. The van der Waals surface area contributed by atoms with Gasteiger partial charge in [-0.15, -0.1) is 0 Å². The molecule has 0 aromatic rings. The zero-order chi connectivity index (χ0) is 13.9. The lowest BCUT2D eigenvalue weighted by Gasteiger charge is -2.51. The Labute approximate surface area is 120 Å². The van der Waals surface area contributed by atoms with Gasteiger partial charge in [0.25, 0.3) is 0 Å². The van der Waals surface area contributed by atoms with Crippen LogP contribution in [0.2, 0.25) is 0 Å². The summed E-state index contributed by atoms with van der Waals surface area (Å²) in [5.41, 5.74) is 6.61. The molecule has 0 aromatic carbocycles. The van der Waals surface area contributed by atoms with Crippen LogP contribution in [0.15, 0.2) is 0 Å². The maximum Gasteiger partial charge on any atom is 0.0334 e. The van der Waals surface area contributed by atoms with E-state index < -0.39 is 0 Å². The van der Waals surface area contributed by atoms with Gasteiger partial charge in [-0.1, -0.05) is 33.1 Å². The van der Waals surface area contributed by atoms with Crippen LogP contribution in [0.5, 0.6) is 0 Å². The summed E-state index contributed by atoms with van der Waals surface area (Å²) in [6.45, 7) is 9.35. The molecule has 2 rings (SSSR count). The molecule has 112 valence electrons. The van der Waals surface area contributed by atoms with Crippen LogP contribution in [0.3, 0.4) is 0 Å². The highest BCUT2D eigenvalue weighted by molar-refractivity contribution is 4.98. The predicted molar refractivity (Wildman–Crippen MR) is 83.2 cm³/mol. The van der Waals surface area contributed by atoms with Crippen molar-refractivity contribution in [2.45, 2.75) is 83.7 Å². The van der Waals surface area contributed by atoms with Gasteiger partial charge in [-0.25, -0.2) is 0 Å². The fourth-order valence-electron chi connectivity index (χ4n) is 4.48. The highest BCUT2D eigenvalue weighted by atomic mass is 15.2. The molecule has 2 nitrogen and oxygen atoms in total. The van der Waals surface area contributed by atoms with Gasteiger partial charge in [0.2, 0.25) is 0 Å². The van der Waals surface area contributed by atoms with E-state index in [1.165, 1.54) is 57.9 Å². The van der Waals surface area contributed by atoms with Gasteiger partial charge in [0.1, 0.15) is 0 Å². The molecule has 4 atom stereocenters. The minimum Gasteiger partial charge on any atom is -0.329 e. The Hall–Kier alpha value is -0.0800. The van der Waals surface area contributed by atoms with Crippen LogP contribution in [0, 0.1) is 11.8 Å². The predicted octanol–water partition coefficient (Wildman–Crippen LogP) is 3.79. The summed E-state index contributed by atoms with van der Waals surface area (Å²) in [4.78, 5) is 2.80. The first-order valence-electron chi connectivity index (χ1n) is 8.60. The molecule has 1 saturated heterocycles. The monoisotopic (exact) mass is 266 g/mol. The third-order valence-electron chi connectivity index (χ3n) is 6.21. The van der Waals surface area contributed by atoms with Crippen molar-refractivity contribution in [2.24, 2.45) is 17.6 Å². The summed E-state index contributed by atoms with van der Waals surface area (Å²) in [6.07, 6.45) is 11.0. The lowest BCUT2D eigenvalue weighted by atomic mass is 9.81. The Balaban J connectivity index is 2.12. The van der Waals surface area contributed by atoms with Crippen molar-refractivity contribution in [1.29, 1.82) is 0 Å². The van der Waals surface area contributed by atoms with Crippen LogP contribution in [-0.2, 0) is 0 Å². The summed E-state index contributed by atoms with van der Waals surface area (Å²) in [5.74, 6) is 1.79. The molecule has 2 fully saturated rings. The van der Waals surface area contributed by atoms with Crippen molar-refractivity contribution >= 4 is 0 Å². The molecule has 2 N–H and O–H groups in total. The highest BCUT2D eigenvalue weighted by Crippen LogP contribution is 2.39. The summed E-state index contributed by atoms with van der Waals surface area (Å²) >= 11 is 0. The van der Waals surface area contributed by atoms with Crippen molar-refractivity contribution in [3.63, 3.8) is 0 Å². The molecule has 0 aromatic heterocycles. The normalized spacial score (nSPS) is 42.0. The number of likely N-dealkylation sites (tertiary alicyclic amines) is 1. The number of rotatable bonds is 3. The van der Waals surface area contributed by atoms with Crippen molar-refractivity contribution in [1.82, 2.24) is 4.90 Å². The SMILES string of the molecule is CCC1CCCC(CN)(N2CCCC(C)C2C)CC1. The topological polar surface area (TPSA) is 29.3 Å². The maximum atomic E-state index is 6.29. The molecular formula is C17H34N2. The van der Waals surface area contributed by atoms with Gasteiger partial charge >= 0.3 is 0 Å². The Morgan fingerprint density at radius 3 is 2.58 bits per heavy atom. The largest absolute Gasteiger partial charge is 0.329 e. The second-order valence-corrected chi connectivity index (χ2v) is 7.19. The van der Waals surface area contributed by atoms with Crippen molar-refractivity contribution in [3.8, 4) is 0 Å². The highest BCUT2D eigenvalue weighted by Gasteiger charge is 2.41. The Bertz CT molecular complexity index is 278. The van der Waals surface area contributed by atoms with Gasteiger partial charge in [0.05, 0.1) is 0 Å². The first kappa shape index (κ1) is 15.3. The molecule has 0 bridgehead atoms. The van der Waals surface area contributed by atoms with E-state index in [0.29, 0.717) is 5.54 Å². The van der Waals surface area contributed by atoms with E-state index in [-0.39, 0.29) is 0 Å². The van der Waals surface area contributed by atoms with Crippen molar-refractivity contribution in [3.05, 3.63) is 0 Å². The fourth-order valence-corrected chi connectivity index (χ4v) is 4.48. The van der Waals surface area contributed by atoms with Crippen LogP contribution in [-0.4, -0.2) is 29.6 Å². The van der Waals surface area contributed by atoms with Crippen LogP contribution >= 0.6 is 0 Å². The quantitative estimate of drug-likeness (QED) is 0.787. The van der Waals surface area contributed by atoms with Gasteiger partial charge in [-0.05, 0) is 57.4 Å². The van der Waals surface area contributed by atoms with E-state index >= 15 is 0 Å². The van der Waals surface area contributed by atoms with Gasteiger partial charge < -0.3 is 5.73 Å². The zero-order valence-corrected chi connectivity index (χ0v) is 13.3. The standard InChI is InChI=1S/C17H34N2/c1-4-16-8-5-10-17(13-18,11-9-16)19-12-6-7-14(2)15(19)3/h14-16H,4-13,18H2,1-3H3. The van der Waals surface area contributed by atoms with Crippen LogP contribution in [0.4, 0.5) is 0 Å². The first-order valence-corrected chi connectivity index (χ1v) is 8.60. The van der Waals surface area contributed by atoms with Crippen molar-refractivity contribution < 1.29 is 0 Å². The van der Waals surface area contributed by atoms with Crippen molar-refractivity contribution in [2.75, 3.05) is 13.1 Å². The van der Waals surface area contributed by atoms with Gasteiger partial charge in [-0.3, -0.25) is 4.90 Å². The number of piperidine rings is 1. The average molecular weight is 266 g/mol. The average Bonchev–Trinajstić information content (AvgIpc) is 2.65. The molecule has 19 heavy (non-hydrogen) atoms. The summed E-state index contributed by atoms with van der Waals surface area (Å²) in [6, 6.07) is 0.718. The summed E-state index contributed by atoms with van der Waals surface area (Å²) in [7, 11) is 0. The number of nitrogens with two attached hydrogens (primary N) is 1. The zero-order valence-electron chi connectivity index (χ0n) is 13.3. The first-order chi connectivity index (χ1) is 9.13. The van der Waals surface area contributed by atoms with Crippen LogP contribution in [0.25, 0.3) is 0 Å². The van der Waals surface area contributed by atoms with E-state index in [0.717, 1.165) is 24.4 Å². The van der Waals surface area contributed by atoms with E-state index in [1.54, 1.807) is 0 Å². The number of hydrogen-bond acceptors (Lipinski definition) is 2. The molecule has 1 heterocycles. The van der Waals surface area contributed by atoms with E-state index in [1.807, 2.05) is 0 Å². The van der Waals surface area contributed by atoms with Gasteiger partial charge in [0, 0.05) is 18.1 Å². The molecular weight excluding hydrogens is 232 g/mol. The second-order valence-electron chi connectivity index (χ2n) is 7.19.